The van der Waals surface area contributed by atoms with Gasteiger partial charge >= 0.3 is 11.9 Å². The number of hydrogen-bond donors (Lipinski definition) is 0. The Hall–Kier alpha value is -3.75. The number of ether oxygens (including phenoxy) is 3. The van der Waals surface area contributed by atoms with Gasteiger partial charge < -0.3 is 28.6 Å². The molecule has 0 aromatic heterocycles. The molecule has 0 rings (SSSR count). The van der Waals surface area contributed by atoms with Crippen LogP contribution in [-0.4, -0.2) is 75.5 Å². The molecule has 0 amide bonds. The maximum absolute atomic E-state index is 12.7. The van der Waals surface area contributed by atoms with Crippen LogP contribution < -0.4 is 5.11 Å². The summed E-state index contributed by atoms with van der Waals surface area (Å²) in [5.74, 6) is -1.82. The van der Waals surface area contributed by atoms with Gasteiger partial charge in [0.25, 0.3) is 0 Å². The van der Waals surface area contributed by atoms with Gasteiger partial charge in [0.15, 0.2) is 6.10 Å². The van der Waals surface area contributed by atoms with E-state index in [4.69, 9.17) is 14.2 Å². The number of hydrogen-bond acceptors (Lipinski definition) is 7. The fraction of sp³-hybridized carbons (Fsp3) is 0.642. The number of rotatable bonds is 41. The monoisotopic (exact) mass is 850 g/mol. The largest absolute Gasteiger partial charge is 0.544 e. The van der Waals surface area contributed by atoms with E-state index in [1.54, 1.807) is 21.1 Å². The molecule has 2 atom stereocenters. The van der Waals surface area contributed by atoms with Gasteiger partial charge in [-0.1, -0.05) is 150 Å². The van der Waals surface area contributed by atoms with E-state index < -0.39 is 18.1 Å². The van der Waals surface area contributed by atoms with E-state index in [1.807, 2.05) is 0 Å². The number of nitrogens with zero attached hydrogens (tertiary/aromatic N) is 1. The number of carboxylic acid groups (broad SMARTS) is 1. The molecule has 8 heteroatoms. The summed E-state index contributed by atoms with van der Waals surface area (Å²) in [5, 5.41) is 11.6. The molecular formula is C53H87NO7. The first-order valence-corrected chi connectivity index (χ1v) is 23.8. The summed E-state index contributed by atoms with van der Waals surface area (Å²) >= 11 is 0. The lowest BCUT2D eigenvalue weighted by Gasteiger charge is -2.34. The highest BCUT2D eigenvalue weighted by atomic mass is 16.6. The molecule has 8 nitrogen and oxygen atoms in total. The zero-order valence-electron chi connectivity index (χ0n) is 39.3. The summed E-state index contributed by atoms with van der Waals surface area (Å²) in [5.41, 5.74) is 0. The van der Waals surface area contributed by atoms with Gasteiger partial charge in [-0.2, -0.15) is 0 Å². The Balaban J connectivity index is 4.43. The molecule has 0 aliphatic rings. The number of carboxylic acids is 1. The third-order valence-corrected chi connectivity index (χ3v) is 9.95. The Morgan fingerprint density at radius 2 is 0.918 bits per heavy atom. The van der Waals surface area contributed by atoms with Crippen molar-refractivity contribution < 1.29 is 38.2 Å². The van der Waals surface area contributed by atoms with Crippen molar-refractivity contribution in [2.45, 2.75) is 180 Å². The highest BCUT2D eigenvalue weighted by Gasteiger charge is 2.25. The Labute approximate surface area is 373 Å². The summed E-state index contributed by atoms with van der Waals surface area (Å²) < 4.78 is 17.1. The summed E-state index contributed by atoms with van der Waals surface area (Å²) in [6.45, 7) is 4.45. The van der Waals surface area contributed by atoms with Crippen molar-refractivity contribution >= 4 is 17.9 Å². The Bertz CT molecular complexity index is 1310. The normalized spacial score (nSPS) is 13.8. The molecule has 0 bridgehead atoms. The van der Waals surface area contributed by atoms with Crippen LogP contribution in [0.1, 0.15) is 168 Å². The average molecular weight is 850 g/mol. The lowest BCUT2D eigenvalue weighted by molar-refractivity contribution is -0.889. The second-order valence-electron chi connectivity index (χ2n) is 16.6. The Morgan fingerprint density at radius 1 is 0.508 bits per heavy atom. The molecular weight excluding hydrogens is 763 g/mol. The highest BCUT2D eigenvalue weighted by Crippen LogP contribution is 2.12. The SMILES string of the molecule is CC/C=C/C/C=C/C/C=C/CCCCCCCCC(=O)OCC(COCCC(C(=O)[O-])[N+](C)(C)C)OC(=O)CCCC/C=C/C/C=C/C/C=C/C/C=C/C/C=C/CCCCC. The predicted molar refractivity (Wildman–Crippen MR) is 254 cm³/mol. The maximum Gasteiger partial charge on any atom is 0.306 e. The summed E-state index contributed by atoms with van der Waals surface area (Å²) in [7, 11) is 5.38. The van der Waals surface area contributed by atoms with Gasteiger partial charge in [-0.05, 0) is 96.3 Å². The lowest BCUT2D eigenvalue weighted by Crippen LogP contribution is -2.55. The van der Waals surface area contributed by atoms with Gasteiger partial charge in [0, 0.05) is 19.3 Å². The standard InChI is InChI=1S/C53H87NO7/c1-6-8-10-12-14-16-18-20-22-24-25-26-27-28-30-32-34-36-38-40-42-44-52(56)61-49(47-59-46-45-50(53(57)58)54(3,4)5)48-60-51(55)43-41-39-37-35-33-31-29-23-21-19-17-15-13-11-9-7-2/h9,11,14-17,20-23,25-26,28,30,34,36,49-50H,6-8,10,12-13,18-19,24,27,29,31-33,35,37-48H2,1-5H3/b11-9+,16-14+,17-15+,22-20+,23-21+,26-25+,30-28+,36-34+. The van der Waals surface area contributed by atoms with Crippen molar-refractivity contribution in [1.82, 2.24) is 0 Å². The van der Waals surface area contributed by atoms with E-state index in [1.165, 1.54) is 38.5 Å². The third kappa shape index (κ3) is 41.4. The summed E-state index contributed by atoms with van der Waals surface area (Å²) in [6, 6.07) is -0.742. The molecule has 2 unspecified atom stereocenters. The van der Waals surface area contributed by atoms with Gasteiger partial charge in [-0.25, -0.2) is 0 Å². The number of quaternary nitrogens is 1. The minimum atomic E-state index is -1.14. The number of carbonyl (C=O) groups is 3. The number of likely N-dealkylation sites (N-methyl/N-ethyl adjacent to an activating group) is 1. The van der Waals surface area contributed by atoms with E-state index in [9.17, 15) is 19.5 Å². The predicted octanol–water partition coefficient (Wildman–Crippen LogP) is 12.1. The van der Waals surface area contributed by atoms with Gasteiger partial charge in [0.2, 0.25) is 0 Å². The summed E-state index contributed by atoms with van der Waals surface area (Å²) in [4.78, 5) is 36.9. The maximum atomic E-state index is 12.7. The fourth-order valence-electron chi connectivity index (χ4n) is 6.28. The second-order valence-corrected chi connectivity index (χ2v) is 16.6. The molecule has 0 N–H and O–H groups in total. The third-order valence-electron chi connectivity index (χ3n) is 9.95. The molecule has 0 spiro atoms. The van der Waals surface area contributed by atoms with Gasteiger partial charge in [0.1, 0.15) is 12.6 Å². The number of unbranched alkanes of at least 4 members (excludes halogenated alkanes) is 11. The van der Waals surface area contributed by atoms with Crippen LogP contribution in [0.15, 0.2) is 97.2 Å². The van der Waals surface area contributed by atoms with Crippen molar-refractivity contribution in [1.29, 1.82) is 0 Å². The lowest BCUT2D eigenvalue weighted by atomic mass is 10.1. The van der Waals surface area contributed by atoms with Crippen LogP contribution in [0.5, 0.6) is 0 Å². The van der Waals surface area contributed by atoms with E-state index in [0.717, 1.165) is 89.9 Å². The van der Waals surface area contributed by atoms with Crippen molar-refractivity contribution in [3.05, 3.63) is 97.2 Å². The fourth-order valence-corrected chi connectivity index (χ4v) is 6.28. The van der Waals surface area contributed by atoms with Gasteiger partial charge in [0.05, 0.1) is 40.3 Å². The van der Waals surface area contributed by atoms with E-state index in [0.29, 0.717) is 12.8 Å². The highest BCUT2D eigenvalue weighted by molar-refractivity contribution is 5.70. The number of esters is 2. The molecule has 0 aliphatic carbocycles. The van der Waals surface area contributed by atoms with Gasteiger partial charge in [-0.3, -0.25) is 9.59 Å². The zero-order chi connectivity index (χ0) is 44.9. The molecule has 61 heavy (non-hydrogen) atoms. The smallest absolute Gasteiger partial charge is 0.306 e. The first-order chi connectivity index (χ1) is 29.6. The molecule has 0 radical (unpaired) electrons. The number of carbonyl (C=O) groups excluding carboxylic acids is 3. The van der Waals surface area contributed by atoms with Crippen LogP contribution in [0, 0.1) is 0 Å². The Kier molecular flexibility index (Phi) is 40.3. The van der Waals surface area contributed by atoms with Crippen LogP contribution in [0.25, 0.3) is 0 Å². The Morgan fingerprint density at radius 3 is 1.39 bits per heavy atom. The topological polar surface area (TPSA) is 102 Å². The van der Waals surface area contributed by atoms with Crippen molar-refractivity contribution in [2.75, 3.05) is 41.0 Å². The van der Waals surface area contributed by atoms with E-state index >= 15 is 0 Å². The van der Waals surface area contributed by atoms with Crippen LogP contribution >= 0.6 is 0 Å². The first kappa shape index (κ1) is 57.2. The van der Waals surface area contributed by atoms with Gasteiger partial charge in [-0.15, -0.1) is 0 Å². The van der Waals surface area contributed by atoms with Crippen molar-refractivity contribution in [3.8, 4) is 0 Å². The van der Waals surface area contributed by atoms with Crippen LogP contribution in [0.3, 0.4) is 0 Å². The molecule has 0 saturated heterocycles. The van der Waals surface area contributed by atoms with Crippen LogP contribution in [-0.2, 0) is 28.6 Å². The molecule has 0 aromatic rings. The quantitative estimate of drug-likeness (QED) is 0.0261. The average Bonchev–Trinajstić information content (AvgIpc) is 3.22. The van der Waals surface area contributed by atoms with Crippen molar-refractivity contribution in [2.24, 2.45) is 0 Å². The zero-order valence-corrected chi connectivity index (χ0v) is 39.3. The molecule has 0 aliphatic heterocycles. The molecule has 346 valence electrons. The second kappa shape index (κ2) is 42.9. The van der Waals surface area contributed by atoms with E-state index in [-0.39, 0.29) is 49.1 Å². The molecule has 0 saturated carbocycles. The van der Waals surface area contributed by atoms with E-state index in [2.05, 4.69) is 111 Å². The summed E-state index contributed by atoms with van der Waals surface area (Å²) in [6.07, 6.45) is 57.2. The minimum Gasteiger partial charge on any atom is -0.544 e. The van der Waals surface area contributed by atoms with Crippen LogP contribution in [0.4, 0.5) is 0 Å². The molecule has 0 fully saturated rings. The molecule has 0 heterocycles. The van der Waals surface area contributed by atoms with Crippen molar-refractivity contribution in [3.63, 3.8) is 0 Å². The van der Waals surface area contributed by atoms with Crippen LogP contribution in [0.2, 0.25) is 0 Å². The first-order valence-electron chi connectivity index (χ1n) is 23.8. The number of allylic oxidation sites excluding steroid dienone is 16. The molecule has 0 aromatic carbocycles. The number of aliphatic carboxylic acids is 1. The minimum absolute atomic E-state index is 0.0126.